The van der Waals surface area contributed by atoms with Crippen LogP contribution in [0.3, 0.4) is 0 Å². The van der Waals surface area contributed by atoms with Gasteiger partial charge in [0.15, 0.2) is 0 Å². The Morgan fingerprint density at radius 3 is 2.41 bits per heavy atom. The van der Waals surface area contributed by atoms with E-state index in [4.69, 9.17) is 0 Å². The number of hydrogen-bond acceptors (Lipinski definition) is 3. The third-order valence-electron chi connectivity index (χ3n) is 4.31. The average molecular weight is 295 g/mol. The molecule has 0 saturated carbocycles. The van der Waals surface area contributed by atoms with E-state index in [9.17, 15) is 4.79 Å². The number of hydrogen-bond donors (Lipinski definition) is 2. The van der Waals surface area contributed by atoms with Crippen molar-refractivity contribution in [3.05, 3.63) is 59.9 Å². The Bertz CT molecular complexity index is 621. The summed E-state index contributed by atoms with van der Waals surface area (Å²) in [7, 11) is 0. The maximum Gasteiger partial charge on any atom is 0.227 e. The van der Waals surface area contributed by atoms with E-state index in [-0.39, 0.29) is 11.8 Å². The fourth-order valence-electron chi connectivity index (χ4n) is 2.58. The second-order valence-corrected chi connectivity index (χ2v) is 5.93. The van der Waals surface area contributed by atoms with Crippen molar-refractivity contribution in [3.8, 4) is 0 Å². The molecule has 2 N–H and O–H groups in total. The van der Waals surface area contributed by atoms with Crippen LogP contribution < -0.4 is 10.6 Å². The van der Waals surface area contributed by atoms with Crippen LogP contribution >= 0.6 is 0 Å². The lowest BCUT2D eigenvalue weighted by molar-refractivity contribution is -0.121. The monoisotopic (exact) mass is 295 g/mol. The van der Waals surface area contributed by atoms with Crippen molar-refractivity contribution in [1.29, 1.82) is 0 Å². The lowest BCUT2D eigenvalue weighted by atomic mass is 9.88. The highest BCUT2D eigenvalue weighted by molar-refractivity contribution is 5.92. The molecule has 1 fully saturated rings. The van der Waals surface area contributed by atoms with E-state index >= 15 is 0 Å². The molecule has 3 rings (SSSR count). The Morgan fingerprint density at radius 2 is 1.82 bits per heavy atom. The van der Waals surface area contributed by atoms with Gasteiger partial charge in [-0.2, -0.15) is 0 Å². The highest BCUT2D eigenvalue weighted by Crippen LogP contribution is 2.19. The normalized spacial score (nSPS) is 15.9. The first-order valence-electron chi connectivity index (χ1n) is 7.72. The van der Waals surface area contributed by atoms with Crippen LogP contribution in [0.25, 0.3) is 0 Å². The van der Waals surface area contributed by atoms with Gasteiger partial charge in [-0.1, -0.05) is 19.1 Å². The van der Waals surface area contributed by atoms with Gasteiger partial charge in [0.2, 0.25) is 5.91 Å². The van der Waals surface area contributed by atoms with E-state index in [1.807, 2.05) is 31.2 Å². The van der Waals surface area contributed by atoms with E-state index in [0.29, 0.717) is 5.92 Å². The zero-order valence-electron chi connectivity index (χ0n) is 12.8. The van der Waals surface area contributed by atoms with Crippen molar-refractivity contribution < 1.29 is 4.79 Å². The van der Waals surface area contributed by atoms with Crippen molar-refractivity contribution in [1.82, 2.24) is 10.3 Å². The number of carbonyl (C=O) groups excluding carboxylic acids is 1. The molecule has 1 aromatic heterocycles. The largest absolute Gasteiger partial charge is 0.326 e. The Morgan fingerprint density at radius 1 is 1.18 bits per heavy atom. The number of anilines is 1. The molecule has 1 unspecified atom stereocenters. The average Bonchev–Trinajstić information content (AvgIpc) is 2.48. The first-order chi connectivity index (χ1) is 10.7. The van der Waals surface area contributed by atoms with E-state index in [0.717, 1.165) is 25.2 Å². The summed E-state index contributed by atoms with van der Waals surface area (Å²) in [6.45, 7) is 3.89. The third kappa shape index (κ3) is 3.52. The molecule has 1 aromatic carbocycles. The van der Waals surface area contributed by atoms with Crippen LogP contribution in [0.4, 0.5) is 5.69 Å². The van der Waals surface area contributed by atoms with Crippen molar-refractivity contribution in [2.45, 2.75) is 13.3 Å². The van der Waals surface area contributed by atoms with Crippen LogP contribution in [0.1, 0.15) is 18.1 Å². The number of amides is 1. The van der Waals surface area contributed by atoms with Gasteiger partial charge in [-0.05, 0) is 60.8 Å². The minimum Gasteiger partial charge on any atom is -0.326 e. The first-order valence-corrected chi connectivity index (χ1v) is 7.72. The Hall–Kier alpha value is -2.20. The van der Waals surface area contributed by atoms with Crippen LogP contribution in [-0.2, 0) is 11.2 Å². The van der Waals surface area contributed by atoms with Gasteiger partial charge in [0, 0.05) is 24.0 Å². The summed E-state index contributed by atoms with van der Waals surface area (Å²) in [5.74, 6) is 0.622. The number of benzene rings is 1. The molecular weight excluding hydrogens is 274 g/mol. The van der Waals surface area contributed by atoms with Crippen molar-refractivity contribution in [2.75, 3.05) is 18.4 Å². The van der Waals surface area contributed by atoms with Gasteiger partial charge in [-0.25, -0.2) is 0 Å². The number of nitrogens with zero attached hydrogens (tertiary/aromatic N) is 1. The predicted octanol–water partition coefficient (Wildman–Crippen LogP) is 2.47. The minimum absolute atomic E-state index is 0.0535. The maximum absolute atomic E-state index is 12.2. The molecule has 1 amide bonds. The van der Waals surface area contributed by atoms with Crippen LogP contribution in [0.2, 0.25) is 0 Å². The molecule has 4 heteroatoms. The summed E-state index contributed by atoms with van der Waals surface area (Å²) in [6, 6.07) is 12.1. The quantitative estimate of drug-likeness (QED) is 0.891. The molecule has 0 aliphatic carbocycles. The highest BCUT2D eigenvalue weighted by Gasteiger charge is 2.28. The number of pyridine rings is 1. The number of nitrogens with one attached hydrogen (secondary N) is 2. The van der Waals surface area contributed by atoms with E-state index in [2.05, 4.69) is 27.8 Å². The van der Waals surface area contributed by atoms with Gasteiger partial charge >= 0.3 is 0 Å². The predicted molar refractivity (Wildman–Crippen MR) is 87.6 cm³/mol. The molecule has 1 atom stereocenters. The SMILES string of the molecule is CC(C(=O)Nc1ccc(Cc2ccncc2)cc1)C1CNC1. The fourth-order valence-corrected chi connectivity index (χ4v) is 2.58. The highest BCUT2D eigenvalue weighted by atomic mass is 16.1. The first kappa shape index (κ1) is 14.7. The lowest BCUT2D eigenvalue weighted by Gasteiger charge is -2.31. The zero-order chi connectivity index (χ0) is 15.4. The minimum atomic E-state index is 0.0535. The zero-order valence-corrected chi connectivity index (χ0v) is 12.8. The summed E-state index contributed by atoms with van der Waals surface area (Å²) in [5.41, 5.74) is 3.32. The molecule has 4 nitrogen and oxygen atoms in total. The summed E-state index contributed by atoms with van der Waals surface area (Å²) >= 11 is 0. The molecular formula is C18H21N3O. The molecule has 0 bridgehead atoms. The van der Waals surface area contributed by atoms with Crippen molar-refractivity contribution in [2.24, 2.45) is 11.8 Å². The van der Waals surface area contributed by atoms with Crippen molar-refractivity contribution in [3.63, 3.8) is 0 Å². The second kappa shape index (κ2) is 6.71. The van der Waals surface area contributed by atoms with Crippen molar-refractivity contribution >= 4 is 11.6 Å². The second-order valence-electron chi connectivity index (χ2n) is 5.93. The number of aromatic nitrogens is 1. The Balaban J connectivity index is 1.58. The summed E-state index contributed by atoms with van der Waals surface area (Å²) in [6.07, 6.45) is 4.49. The number of carbonyl (C=O) groups is 1. The smallest absolute Gasteiger partial charge is 0.227 e. The van der Waals surface area contributed by atoms with Crippen LogP contribution in [-0.4, -0.2) is 24.0 Å². The molecule has 1 aliphatic rings. The standard InChI is InChI=1S/C18H21N3O/c1-13(16-11-20-12-16)18(22)21-17-4-2-14(3-5-17)10-15-6-8-19-9-7-15/h2-9,13,16,20H,10-12H2,1H3,(H,21,22). The van der Waals surface area contributed by atoms with Gasteiger partial charge in [0.05, 0.1) is 0 Å². The van der Waals surface area contributed by atoms with Gasteiger partial charge in [-0.15, -0.1) is 0 Å². The molecule has 0 radical (unpaired) electrons. The van der Waals surface area contributed by atoms with Gasteiger partial charge in [0.25, 0.3) is 0 Å². The molecule has 2 heterocycles. The summed E-state index contributed by atoms with van der Waals surface area (Å²) in [5, 5.41) is 6.21. The Kier molecular flexibility index (Phi) is 4.49. The topological polar surface area (TPSA) is 54.0 Å². The maximum atomic E-state index is 12.2. The van der Waals surface area contributed by atoms with E-state index < -0.39 is 0 Å². The molecule has 1 saturated heterocycles. The van der Waals surface area contributed by atoms with E-state index in [1.165, 1.54) is 11.1 Å². The molecule has 2 aromatic rings. The summed E-state index contributed by atoms with van der Waals surface area (Å²) < 4.78 is 0. The van der Waals surface area contributed by atoms with Gasteiger partial charge < -0.3 is 10.6 Å². The van der Waals surface area contributed by atoms with E-state index in [1.54, 1.807) is 12.4 Å². The molecule has 1 aliphatic heterocycles. The number of rotatable bonds is 5. The third-order valence-corrected chi connectivity index (χ3v) is 4.31. The fraction of sp³-hybridized carbons (Fsp3) is 0.333. The molecule has 114 valence electrons. The van der Waals surface area contributed by atoms with Gasteiger partial charge in [0.1, 0.15) is 0 Å². The Labute approximate surface area is 131 Å². The van der Waals surface area contributed by atoms with Crippen LogP contribution in [0.5, 0.6) is 0 Å². The van der Waals surface area contributed by atoms with Gasteiger partial charge in [-0.3, -0.25) is 9.78 Å². The lowest BCUT2D eigenvalue weighted by Crippen LogP contribution is -2.48. The van der Waals surface area contributed by atoms with Crippen LogP contribution in [0, 0.1) is 11.8 Å². The van der Waals surface area contributed by atoms with Crippen LogP contribution in [0.15, 0.2) is 48.8 Å². The summed E-state index contributed by atoms with van der Waals surface area (Å²) in [4.78, 5) is 16.2. The molecule has 22 heavy (non-hydrogen) atoms. The molecule has 0 spiro atoms.